The predicted octanol–water partition coefficient (Wildman–Crippen LogP) is 1.70. The number of benzene rings is 2. The molecule has 1 N–H and O–H groups in total. The number of ether oxygens (including phenoxy) is 2. The van der Waals surface area contributed by atoms with E-state index < -0.39 is 12.1 Å². The van der Waals surface area contributed by atoms with E-state index in [9.17, 15) is 14.4 Å². The van der Waals surface area contributed by atoms with Crippen molar-refractivity contribution in [3.8, 4) is 11.5 Å². The van der Waals surface area contributed by atoms with Gasteiger partial charge in [-0.1, -0.05) is 18.2 Å². The van der Waals surface area contributed by atoms with Crippen LogP contribution in [0.3, 0.4) is 0 Å². The average molecular weight is 403 g/mol. The molecule has 0 unspecified atom stereocenters. The lowest BCUT2D eigenvalue weighted by Crippen LogP contribution is -2.53. The number of nitrogens with zero attached hydrogens (tertiary/aromatic N) is 2. The molecule has 0 spiro atoms. The molecule has 30 heavy (non-hydrogen) atoms. The van der Waals surface area contributed by atoms with Gasteiger partial charge < -0.3 is 24.3 Å². The minimum Gasteiger partial charge on any atom is -0.454 e. The smallest absolute Gasteiger partial charge is 0.250 e. The van der Waals surface area contributed by atoms with Gasteiger partial charge in [0.2, 0.25) is 18.6 Å². The summed E-state index contributed by atoms with van der Waals surface area (Å²) in [6.07, 6.45) is 0. The Kier molecular flexibility index (Phi) is 3.33. The number of aromatic nitrogens is 1. The molecular weight excluding hydrogens is 386 g/mol. The zero-order chi connectivity index (χ0) is 20.6. The largest absolute Gasteiger partial charge is 0.454 e. The minimum atomic E-state index is -0.949. The molecule has 150 valence electrons. The first-order valence-corrected chi connectivity index (χ1v) is 9.65. The SMILES string of the molecule is CN1CC(=O)N2[C@@H](c3ccc4c(c3)OCO4)c3[nH]c4ccccc4c(=O)c3[C@H]2C1=O. The molecule has 3 aliphatic rings. The Morgan fingerprint density at radius 2 is 1.80 bits per heavy atom. The number of hydrogen-bond acceptors (Lipinski definition) is 5. The highest BCUT2D eigenvalue weighted by Crippen LogP contribution is 2.47. The maximum Gasteiger partial charge on any atom is 0.250 e. The Morgan fingerprint density at radius 1 is 1.00 bits per heavy atom. The van der Waals surface area contributed by atoms with Crippen molar-refractivity contribution in [3.63, 3.8) is 0 Å². The van der Waals surface area contributed by atoms with Crippen LogP contribution in [0.5, 0.6) is 11.5 Å². The normalized spacial score (nSPS) is 21.9. The van der Waals surface area contributed by atoms with Crippen LogP contribution in [0, 0.1) is 0 Å². The number of hydrogen-bond donors (Lipinski definition) is 1. The van der Waals surface area contributed by atoms with Gasteiger partial charge in [0.25, 0.3) is 0 Å². The maximum absolute atomic E-state index is 13.4. The van der Waals surface area contributed by atoms with E-state index in [0.717, 1.165) is 5.56 Å². The third-order valence-electron chi connectivity index (χ3n) is 6.06. The van der Waals surface area contributed by atoms with Crippen molar-refractivity contribution in [1.82, 2.24) is 14.8 Å². The molecule has 8 heteroatoms. The lowest BCUT2D eigenvalue weighted by Gasteiger charge is -2.37. The number of likely N-dealkylation sites (N-methyl/N-ethyl adjacent to an activating group) is 1. The number of amides is 2. The highest BCUT2D eigenvalue weighted by molar-refractivity contribution is 5.98. The van der Waals surface area contributed by atoms with Crippen LogP contribution in [0.2, 0.25) is 0 Å². The van der Waals surface area contributed by atoms with Crippen LogP contribution in [-0.4, -0.2) is 47.0 Å². The highest BCUT2D eigenvalue weighted by Gasteiger charge is 2.52. The number of H-pyrrole nitrogens is 1. The Balaban J connectivity index is 1.65. The van der Waals surface area contributed by atoms with Gasteiger partial charge in [0, 0.05) is 18.0 Å². The molecule has 8 nitrogen and oxygen atoms in total. The fourth-order valence-electron chi connectivity index (χ4n) is 4.70. The number of aromatic amines is 1. The molecule has 6 rings (SSSR count). The number of carbonyl (C=O) groups is 2. The van der Waals surface area contributed by atoms with Gasteiger partial charge in [-0.25, -0.2) is 0 Å². The van der Waals surface area contributed by atoms with Gasteiger partial charge in [0.15, 0.2) is 16.9 Å². The fourth-order valence-corrected chi connectivity index (χ4v) is 4.70. The molecule has 4 heterocycles. The first-order valence-electron chi connectivity index (χ1n) is 9.65. The molecule has 2 aromatic carbocycles. The summed E-state index contributed by atoms with van der Waals surface area (Å²) in [5.74, 6) is 0.729. The standard InChI is InChI=1S/C22H17N3O5/c1-24-9-16(26)25-19(11-6-7-14-15(8-11)30-10-29-14)18-17(20(25)22(24)28)21(27)12-4-2-3-5-13(12)23-18/h2-8,19-20H,9-10H2,1H3,(H,23,27)/t19-,20-/m0/s1. The van der Waals surface area contributed by atoms with E-state index in [1.165, 1.54) is 9.80 Å². The number of pyridine rings is 1. The van der Waals surface area contributed by atoms with Gasteiger partial charge in [-0.3, -0.25) is 14.4 Å². The summed E-state index contributed by atoms with van der Waals surface area (Å²) in [5.41, 5.74) is 2.09. The molecule has 3 aromatic rings. The fraction of sp³-hybridized carbons (Fsp3) is 0.227. The van der Waals surface area contributed by atoms with Gasteiger partial charge in [-0.15, -0.1) is 0 Å². The van der Waals surface area contributed by atoms with E-state index in [4.69, 9.17) is 9.47 Å². The average Bonchev–Trinajstić information content (AvgIpc) is 3.34. The molecule has 0 saturated carbocycles. The van der Waals surface area contributed by atoms with Crippen LogP contribution in [0.1, 0.15) is 28.9 Å². The van der Waals surface area contributed by atoms with E-state index in [0.29, 0.717) is 33.7 Å². The molecular formula is C22H17N3O5. The van der Waals surface area contributed by atoms with E-state index in [2.05, 4.69) is 4.98 Å². The topological polar surface area (TPSA) is 91.9 Å². The monoisotopic (exact) mass is 403 g/mol. The van der Waals surface area contributed by atoms with Gasteiger partial charge in [-0.2, -0.15) is 0 Å². The lowest BCUT2D eigenvalue weighted by atomic mass is 9.99. The number of fused-ring (bicyclic) bond motifs is 5. The van der Waals surface area contributed by atoms with Gasteiger partial charge >= 0.3 is 0 Å². The van der Waals surface area contributed by atoms with Gasteiger partial charge in [0.05, 0.1) is 23.8 Å². The Labute approximate surface area is 170 Å². The van der Waals surface area contributed by atoms with Crippen LogP contribution < -0.4 is 14.9 Å². The first kappa shape index (κ1) is 17.1. The quantitative estimate of drug-likeness (QED) is 0.668. The third-order valence-corrected chi connectivity index (χ3v) is 6.06. The second-order valence-corrected chi connectivity index (χ2v) is 7.74. The number of carbonyl (C=O) groups excluding carboxylic acids is 2. The van der Waals surface area contributed by atoms with Gasteiger partial charge in [0.1, 0.15) is 6.04 Å². The summed E-state index contributed by atoms with van der Waals surface area (Å²) in [6.45, 7) is 0.105. The molecule has 1 aromatic heterocycles. The summed E-state index contributed by atoms with van der Waals surface area (Å²) in [5, 5.41) is 0.496. The van der Waals surface area contributed by atoms with Crippen LogP contribution >= 0.6 is 0 Å². The maximum atomic E-state index is 13.4. The van der Waals surface area contributed by atoms with E-state index in [1.807, 2.05) is 24.3 Å². The van der Waals surface area contributed by atoms with E-state index >= 15 is 0 Å². The van der Waals surface area contributed by atoms with Crippen LogP contribution in [-0.2, 0) is 9.59 Å². The number of rotatable bonds is 1. The van der Waals surface area contributed by atoms with Gasteiger partial charge in [-0.05, 0) is 29.8 Å². The summed E-state index contributed by atoms with van der Waals surface area (Å²) < 4.78 is 10.9. The highest BCUT2D eigenvalue weighted by atomic mass is 16.7. The van der Waals surface area contributed by atoms with Crippen LogP contribution in [0.4, 0.5) is 0 Å². The Bertz CT molecular complexity index is 1310. The van der Waals surface area contributed by atoms with Crippen molar-refractivity contribution in [2.75, 3.05) is 20.4 Å². The third kappa shape index (κ3) is 2.13. The second-order valence-electron chi connectivity index (χ2n) is 7.74. The van der Waals surface area contributed by atoms with Crippen molar-refractivity contribution < 1.29 is 19.1 Å². The van der Waals surface area contributed by atoms with Crippen molar-refractivity contribution in [2.24, 2.45) is 0 Å². The predicted molar refractivity (Wildman–Crippen MR) is 106 cm³/mol. The minimum absolute atomic E-state index is 0.0297. The van der Waals surface area contributed by atoms with E-state index in [-0.39, 0.29) is 30.6 Å². The number of para-hydroxylation sites is 1. The van der Waals surface area contributed by atoms with E-state index in [1.54, 1.807) is 25.2 Å². The van der Waals surface area contributed by atoms with Crippen LogP contribution in [0.15, 0.2) is 47.3 Å². The zero-order valence-corrected chi connectivity index (χ0v) is 16.0. The first-order chi connectivity index (χ1) is 14.5. The van der Waals surface area contributed by atoms with Crippen molar-refractivity contribution in [2.45, 2.75) is 12.1 Å². The second kappa shape index (κ2) is 5.85. The Hall–Kier alpha value is -3.81. The molecule has 0 radical (unpaired) electrons. The zero-order valence-electron chi connectivity index (χ0n) is 16.0. The van der Waals surface area contributed by atoms with Crippen molar-refractivity contribution in [1.29, 1.82) is 0 Å². The van der Waals surface area contributed by atoms with Crippen molar-refractivity contribution >= 4 is 22.7 Å². The molecule has 0 aliphatic carbocycles. The molecule has 0 bridgehead atoms. The molecule has 2 amide bonds. The number of nitrogens with one attached hydrogen (secondary N) is 1. The molecule has 2 atom stereocenters. The summed E-state index contributed by atoms with van der Waals surface area (Å²) in [7, 11) is 1.58. The lowest BCUT2D eigenvalue weighted by molar-refractivity contribution is -0.155. The summed E-state index contributed by atoms with van der Waals surface area (Å²) in [4.78, 5) is 45.9. The Morgan fingerprint density at radius 3 is 2.67 bits per heavy atom. The van der Waals surface area contributed by atoms with Crippen molar-refractivity contribution in [3.05, 3.63) is 69.5 Å². The summed E-state index contributed by atoms with van der Waals surface area (Å²) in [6, 6.07) is 11.1. The number of piperazine rings is 1. The molecule has 1 fully saturated rings. The summed E-state index contributed by atoms with van der Waals surface area (Å²) >= 11 is 0. The molecule has 1 saturated heterocycles. The molecule has 3 aliphatic heterocycles. The van der Waals surface area contributed by atoms with Crippen LogP contribution in [0.25, 0.3) is 10.9 Å².